The maximum atomic E-state index is 12.6. The van der Waals surface area contributed by atoms with Gasteiger partial charge >= 0.3 is 0 Å². The summed E-state index contributed by atoms with van der Waals surface area (Å²) in [5.74, 6) is 0.415. The Morgan fingerprint density at radius 1 is 1.15 bits per heavy atom. The molecule has 1 aliphatic carbocycles. The molecule has 2 heterocycles. The lowest BCUT2D eigenvalue weighted by Crippen LogP contribution is -2.54. The number of amides is 1. The SMILES string of the molecule is Cc1ccc(C(=O)N2CCN(C(=N)c3ccn(C4CC4)n3)C(=N)C2)cc1. The molecule has 0 radical (unpaired) electrons. The molecule has 2 fully saturated rings. The normalized spacial score (nSPS) is 17.5. The smallest absolute Gasteiger partial charge is 0.254 e. The van der Waals surface area contributed by atoms with Crippen LogP contribution in [0, 0.1) is 17.7 Å². The van der Waals surface area contributed by atoms with Crippen molar-refractivity contribution in [2.45, 2.75) is 25.8 Å². The number of rotatable bonds is 3. The zero-order valence-corrected chi connectivity index (χ0v) is 14.8. The Kier molecular flexibility index (Phi) is 4.06. The van der Waals surface area contributed by atoms with Crippen LogP contribution in [0.15, 0.2) is 36.5 Å². The molecule has 1 aromatic carbocycles. The summed E-state index contributed by atoms with van der Waals surface area (Å²) >= 11 is 0. The zero-order chi connectivity index (χ0) is 18.3. The number of carbonyl (C=O) groups excluding carboxylic acids is 1. The van der Waals surface area contributed by atoms with Crippen LogP contribution >= 0.6 is 0 Å². The molecule has 1 aliphatic heterocycles. The molecule has 7 nitrogen and oxygen atoms in total. The van der Waals surface area contributed by atoms with Crippen molar-refractivity contribution in [1.82, 2.24) is 19.6 Å². The van der Waals surface area contributed by atoms with Gasteiger partial charge in [0.2, 0.25) is 0 Å². The molecule has 0 atom stereocenters. The van der Waals surface area contributed by atoms with E-state index in [2.05, 4.69) is 5.10 Å². The first kappa shape index (κ1) is 16.5. The van der Waals surface area contributed by atoms with Crippen molar-refractivity contribution in [2.75, 3.05) is 19.6 Å². The highest BCUT2D eigenvalue weighted by Crippen LogP contribution is 2.34. The highest BCUT2D eigenvalue weighted by atomic mass is 16.2. The van der Waals surface area contributed by atoms with E-state index in [4.69, 9.17) is 10.8 Å². The minimum absolute atomic E-state index is 0.0704. The van der Waals surface area contributed by atoms with Gasteiger partial charge in [-0.15, -0.1) is 0 Å². The predicted octanol–water partition coefficient (Wildman–Crippen LogP) is 2.29. The Morgan fingerprint density at radius 3 is 2.54 bits per heavy atom. The Labute approximate surface area is 152 Å². The van der Waals surface area contributed by atoms with Gasteiger partial charge in [0.25, 0.3) is 5.91 Å². The second-order valence-corrected chi connectivity index (χ2v) is 6.95. The Hall–Kier alpha value is -2.96. The molecule has 0 bridgehead atoms. The average molecular weight is 350 g/mol. The fourth-order valence-corrected chi connectivity index (χ4v) is 3.14. The van der Waals surface area contributed by atoms with Gasteiger partial charge < -0.3 is 9.80 Å². The fourth-order valence-electron chi connectivity index (χ4n) is 3.14. The maximum Gasteiger partial charge on any atom is 0.254 e. The van der Waals surface area contributed by atoms with E-state index >= 15 is 0 Å². The molecule has 7 heteroatoms. The second kappa shape index (κ2) is 6.40. The summed E-state index contributed by atoms with van der Waals surface area (Å²) in [6, 6.07) is 9.78. The molecule has 0 unspecified atom stereocenters. The third-order valence-corrected chi connectivity index (χ3v) is 4.89. The molecule has 4 rings (SSSR count). The molecule has 2 aromatic rings. The summed E-state index contributed by atoms with van der Waals surface area (Å²) in [6.07, 6.45) is 4.19. The molecule has 26 heavy (non-hydrogen) atoms. The molecule has 2 N–H and O–H groups in total. The van der Waals surface area contributed by atoms with Gasteiger partial charge in [0.1, 0.15) is 11.5 Å². The average Bonchev–Trinajstić information content (AvgIpc) is 3.38. The maximum absolute atomic E-state index is 12.6. The fraction of sp³-hybridized carbons (Fsp3) is 0.368. The number of hydrogen-bond acceptors (Lipinski definition) is 4. The number of nitrogens with zero attached hydrogens (tertiary/aromatic N) is 4. The van der Waals surface area contributed by atoms with Crippen LogP contribution < -0.4 is 0 Å². The number of piperazine rings is 1. The van der Waals surface area contributed by atoms with E-state index in [-0.39, 0.29) is 24.1 Å². The van der Waals surface area contributed by atoms with Gasteiger partial charge in [-0.25, -0.2) is 0 Å². The number of aromatic nitrogens is 2. The number of carbonyl (C=O) groups is 1. The minimum Gasteiger partial charge on any atom is -0.329 e. The van der Waals surface area contributed by atoms with Crippen LogP contribution in [0.2, 0.25) is 0 Å². The molecular weight excluding hydrogens is 328 g/mol. The van der Waals surface area contributed by atoms with Gasteiger partial charge in [-0.05, 0) is 38.0 Å². The van der Waals surface area contributed by atoms with Crippen LogP contribution in [-0.4, -0.2) is 56.8 Å². The van der Waals surface area contributed by atoms with Crippen molar-refractivity contribution in [3.8, 4) is 0 Å². The van der Waals surface area contributed by atoms with Gasteiger partial charge in [-0.1, -0.05) is 17.7 Å². The van der Waals surface area contributed by atoms with Crippen LogP contribution in [0.5, 0.6) is 0 Å². The third-order valence-electron chi connectivity index (χ3n) is 4.89. The van der Waals surface area contributed by atoms with Crippen molar-refractivity contribution in [2.24, 2.45) is 0 Å². The number of benzene rings is 1. The molecule has 2 aliphatic rings. The third kappa shape index (κ3) is 3.12. The van der Waals surface area contributed by atoms with E-state index in [0.717, 1.165) is 18.4 Å². The van der Waals surface area contributed by atoms with E-state index in [9.17, 15) is 4.79 Å². The summed E-state index contributed by atoms with van der Waals surface area (Å²) in [7, 11) is 0. The Balaban J connectivity index is 1.42. The van der Waals surface area contributed by atoms with E-state index < -0.39 is 0 Å². The van der Waals surface area contributed by atoms with Crippen LogP contribution in [0.25, 0.3) is 0 Å². The zero-order valence-electron chi connectivity index (χ0n) is 14.8. The predicted molar refractivity (Wildman–Crippen MR) is 98.8 cm³/mol. The summed E-state index contributed by atoms with van der Waals surface area (Å²) in [5.41, 5.74) is 2.33. The highest BCUT2D eigenvalue weighted by molar-refractivity contribution is 6.08. The van der Waals surface area contributed by atoms with Crippen molar-refractivity contribution in [3.63, 3.8) is 0 Å². The van der Waals surface area contributed by atoms with Gasteiger partial charge in [0.15, 0.2) is 5.84 Å². The van der Waals surface area contributed by atoms with E-state index in [1.807, 2.05) is 48.1 Å². The standard InChI is InChI=1S/C19H22N6O/c1-13-2-4-14(5-3-13)19(26)23-10-11-24(17(20)12-23)18(21)16-8-9-25(22-16)15-6-7-15/h2-5,8-9,15,20-21H,6-7,10-12H2,1H3. The topological polar surface area (TPSA) is 89.1 Å². The van der Waals surface area contributed by atoms with Crippen molar-refractivity contribution < 1.29 is 4.79 Å². The van der Waals surface area contributed by atoms with E-state index in [1.54, 1.807) is 9.80 Å². The van der Waals surface area contributed by atoms with Crippen molar-refractivity contribution >= 4 is 17.6 Å². The molecule has 1 aromatic heterocycles. The quantitative estimate of drug-likeness (QED) is 0.657. The molecule has 0 spiro atoms. The lowest BCUT2D eigenvalue weighted by molar-refractivity contribution is 0.0757. The van der Waals surface area contributed by atoms with Crippen molar-refractivity contribution in [1.29, 1.82) is 10.8 Å². The first-order valence-electron chi connectivity index (χ1n) is 8.88. The summed E-state index contributed by atoms with van der Waals surface area (Å²) < 4.78 is 1.91. The van der Waals surface area contributed by atoms with Crippen LogP contribution in [0.3, 0.4) is 0 Å². The molecule has 1 saturated heterocycles. The molecule has 1 saturated carbocycles. The Bertz CT molecular complexity index is 864. The van der Waals surface area contributed by atoms with E-state index in [0.29, 0.717) is 30.4 Å². The monoisotopic (exact) mass is 350 g/mol. The lowest BCUT2D eigenvalue weighted by atomic mass is 10.1. The van der Waals surface area contributed by atoms with Gasteiger partial charge in [-0.2, -0.15) is 5.10 Å². The van der Waals surface area contributed by atoms with Crippen LogP contribution in [0.4, 0.5) is 0 Å². The van der Waals surface area contributed by atoms with Crippen molar-refractivity contribution in [3.05, 3.63) is 53.3 Å². The molecule has 1 amide bonds. The first-order chi connectivity index (χ1) is 12.5. The largest absolute Gasteiger partial charge is 0.329 e. The first-order valence-corrected chi connectivity index (χ1v) is 8.88. The number of nitrogens with one attached hydrogen (secondary N) is 2. The second-order valence-electron chi connectivity index (χ2n) is 6.95. The molecular formula is C19H22N6O. The summed E-state index contributed by atoms with van der Waals surface area (Å²) in [4.78, 5) is 15.9. The number of hydrogen-bond donors (Lipinski definition) is 2. The van der Waals surface area contributed by atoms with Crippen LogP contribution in [-0.2, 0) is 0 Å². The summed E-state index contributed by atoms with van der Waals surface area (Å²) in [6.45, 7) is 3.11. The van der Waals surface area contributed by atoms with Gasteiger partial charge in [0.05, 0.1) is 12.6 Å². The van der Waals surface area contributed by atoms with Gasteiger partial charge in [-0.3, -0.25) is 20.3 Å². The highest BCUT2D eigenvalue weighted by Gasteiger charge is 2.30. The molecule has 134 valence electrons. The van der Waals surface area contributed by atoms with Gasteiger partial charge in [0, 0.05) is 24.8 Å². The summed E-state index contributed by atoms with van der Waals surface area (Å²) in [5, 5.41) is 21.2. The van der Waals surface area contributed by atoms with E-state index in [1.165, 1.54) is 0 Å². The van der Waals surface area contributed by atoms with Crippen LogP contribution in [0.1, 0.15) is 40.5 Å². The lowest BCUT2D eigenvalue weighted by Gasteiger charge is -2.36. The minimum atomic E-state index is -0.0704. The Morgan fingerprint density at radius 2 is 1.88 bits per heavy atom. The number of amidine groups is 2. The number of aryl methyl sites for hydroxylation is 1.